The van der Waals surface area contributed by atoms with Gasteiger partial charge in [-0.1, -0.05) is 76.2 Å². The molecule has 24 heavy (non-hydrogen) atoms. The van der Waals surface area contributed by atoms with Gasteiger partial charge in [0.1, 0.15) is 0 Å². The first-order valence-electron chi connectivity index (χ1n) is 10.3. The molecule has 0 aromatic rings. The Kier molecular flexibility index (Phi) is 19.1. The Balaban J connectivity index is 3.12. The van der Waals surface area contributed by atoms with E-state index in [2.05, 4.69) is 31.2 Å². The molecule has 0 fully saturated rings. The Morgan fingerprint density at radius 1 is 0.625 bits per heavy atom. The monoisotopic (exact) mass is 336 g/mol. The summed E-state index contributed by atoms with van der Waals surface area (Å²) in [5, 5.41) is 8.54. The molecule has 0 rings (SSSR count). The highest BCUT2D eigenvalue weighted by molar-refractivity contribution is 5.66. The second-order valence-corrected chi connectivity index (χ2v) is 6.78. The number of carbonyl (C=O) groups is 1. The minimum Gasteiger partial charge on any atom is -0.481 e. The van der Waals surface area contributed by atoms with Gasteiger partial charge in [-0.15, -0.1) is 0 Å². The zero-order valence-electron chi connectivity index (χ0n) is 16.0. The molecule has 0 unspecified atom stereocenters. The number of hydrogen-bond donors (Lipinski definition) is 1. The van der Waals surface area contributed by atoms with E-state index in [4.69, 9.17) is 5.11 Å². The first kappa shape index (κ1) is 22.9. The van der Waals surface area contributed by atoms with E-state index in [-0.39, 0.29) is 0 Å². The van der Waals surface area contributed by atoms with Crippen LogP contribution in [0, 0.1) is 0 Å². The fourth-order valence-corrected chi connectivity index (χ4v) is 2.74. The molecule has 0 saturated carbocycles. The Morgan fingerprint density at radius 3 is 1.42 bits per heavy atom. The third-order valence-corrected chi connectivity index (χ3v) is 4.31. The summed E-state index contributed by atoms with van der Waals surface area (Å²) >= 11 is 0. The summed E-state index contributed by atoms with van der Waals surface area (Å²) in [6, 6.07) is 0. The molecular formula is C22H40O2. The van der Waals surface area contributed by atoms with E-state index in [0.717, 1.165) is 25.7 Å². The second-order valence-electron chi connectivity index (χ2n) is 6.78. The van der Waals surface area contributed by atoms with Crippen molar-refractivity contribution in [2.45, 2.75) is 110 Å². The van der Waals surface area contributed by atoms with Gasteiger partial charge in [-0.25, -0.2) is 0 Å². The van der Waals surface area contributed by atoms with E-state index in [1.54, 1.807) is 0 Å². The number of carboxylic acids is 1. The molecule has 140 valence electrons. The number of unbranched alkanes of at least 4 members (excludes halogenated alkanes) is 12. The summed E-state index contributed by atoms with van der Waals surface area (Å²) in [4.78, 5) is 10.4. The number of hydrogen-bond acceptors (Lipinski definition) is 1. The smallest absolute Gasteiger partial charge is 0.303 e. The Morgan fingerprint density at radius 2 is 1.00 bits per heavy atom. The molecule has 1 N–H and O–H groups in total. The molecule has 0 spiro atoms. The van der Waals surface area contributed by atoms with Crippen molar-refractivity contribution in [1.29, 1.82) is 0 Å². The fraction of sp³-hybridized carbons (Fsp3) is 0.773. The van der Waals surface area contributed by atoms with E-state index in [1.807, 2.05) is 0 Å². The van der Waals surface area contributed by atoms with Crippen molar-refractivity contribution in [2.75, 3.05) is 0 Å². The highest BCUT2D eigenvalue weighted by atomic mass is 16.4. The van der Waals surface area contributed by atoms with Gasteiger partial charge in [0.25, 0.3) is 0 Å². The summed E-state index contributed by atoms with van der Waals surface area (Å²) in [5.41, 5.74) is 0. The van der Waals surface area contributed by atoms with Gasteiger partial charge in [0.15, 0.2) is 0 Å². The van der Waals surface area contributed by atoms with E-state index >= 15 is 0 Å². The van der Waals surface area contributed by atoms with Crippen LogP contribution in [0.4, 0.5) is 0 Å². The highest BCUT2D eigenvalue weighted by Crippen LogP contribution is 2.10. The van der Waals surface area contributed by atoms with Crippen molar-refractivity contribution >= 4 is 5.97 Å². The Hall–Kier alpha value is -1.05. The maximum absolute atomic E-state index is 10.4. The standard InChI is InChI=1S/C22H40O2/c1-2-3-4-5-6-7-8-9-10-11-12-13-14-15-16-17-18-19-20-21-22(23)24/h5-6,15-16H,2-4,7-14,17-21H2,1H3,(H,23,24)/b6-5+,16-15+. The maximum atomic E-state index is 10.4. The SMILES string of the molecule is CCCC/C=C/CCCCCCCC/C=C/CCCCCC(=O)O. The summed E-state index contributed by atoms with van der Waals surface area (Å²) in [6.45, 7) is 2.24. The lowest BCUT2D eigenvalue weighted by atomic mass is 10.1. The van der Waals surface area contributed by atoms with Crippen LogP contribution in [0.1, 0.15) is 110 Å². The molecular weight excluding hydrogens is 296 g/mol. The predicted molar refractivity (Wildman–Crippen MR) is 105 cm³/mol. The molecule has 0 aliphatic carbocycles. The molecule has 0 radical (unpaired) electrons. The molecule has 2 heteroatoms. The lowest BCUT2D eigenvalue weighted by Gasteiger charge is -1.99. The third kappa shape index (κ3) is 20.9. The molecule has 0 aliphatic rings. The van der Waals surface area contributed by atoms with Crippen LogP contribution in [0.15, 0.2) is 24.3 Å². The largest absolute Gasteiger partial charge is 0.481 e. The van der Waals surface area contributed by atoms with E-state index < -0.39 is 5.97 Å². The molecule has 0 aromatic heterocycles. The lowest BCUT2D eigenvalue weighted by molar-refractivity contribution is -0.137. The van der Waals surface area contributed by atoms with Gasteiger partial charge < -0.3 is 5.11 Å². The van der Waals surface area contributed by atoms with Gasteiger partial charge in [0.2, 0.25) is 0 Å². The van der Waals surface area contributed by atoms with Gasteiger partial charge in [-0.2, -0.15) is 0 Å². The van der Waals surface area contributed by atoms with Crippen molar-refractivity contribution < 1.29 is 9.90 Å². The molecule has 0 amide bonds. The van der Waals surface area contributed by atoms with Crippen molar-refractivity contribution in [3.05, 3.63) is 24.3 Å². The van der Waals surface area contributed by atoms with E-state index in [0.29, 0.717) is 6.42 Å². The average molecular weight is 337 g/mol. The summed E-state index contributed by atoms with van der Waals surface area (Å²) in [5.74, 6) is -0.672. The highest BCUT2D eigenvalue weighted by Gasteiger charge is 1.95. The molecule has 0 aliphatic heterocycles. The third-order valence-electron chi connectivity index (χ3n) is 4.31. The summed E-state index contributed by atoms with van der Waals surface area (Å²) < 4.78 is 0. The summed E-state index contributed by atoms with van der Waals surface area (Å²) in [6.07, 6.45) is 28.2. The van der Waals surface area contributed by atoms with Crippen LogP contribution in [0.25, 0.3) is 0 Å². The topological polar surface area (TPSA) is 37.3 Å². The number of carboxylic acid groups (broad SMARTS) is 1. The van der Waals surface area contributed by atoms with Crippen molar-refractivity contribution in [2.24, 2.45) is 0 Å². The van der Waals surface area contributed by atoms with E-state index in [1.165, 1.54) is 70.6 Å². The van der Waals surface area contributed by atoms with Crippen molar-refractivity contribution in [1.82, 2.24) is 0 Å². The maximum Gasteiger partial charge on any atom is 0.303 e. The van der Waals surface area contributed by atoms with Crippen LogP contribution in [-0.4, -0.2) is 11.1 Å². The van der Waals surface area contributed by atoms with Gasteiger partial charge in [-0.05, 0) is 51.4 Å². The van der Waals surface area contributed by atoms with Crippen LogP contribution in [0.3, 0.4) is 0 Å². The minimum absolute atomic E-state index is 0.318. The lowest BCUT2D eigenvalue weighted by Crippen LogP contribution is -1.93. The van der Waals surface area contributed by atoms with Crippen LogP contribution in [0.2, 0.25) is 0 Å². The number of allylic oxidation sites excluding steroid dienone is 4. The van der Waals surface area contributed by atoms with Gasteiger partial charge in [0.05, 0.1) is 0 Å². The molecule has 0 atom stereocenters. The van der Waals surface area contributed by atoms with Crippen molar-refractivity contribution in [3.8, 4) is 0 Å². The predicted octanol–water partition coefficient (Wildman–Crippen LogP) is 7.44. The molecule has 0 bridgehead atoms. The Labute approximate surface area is 150 Å². The van der Waals surface area contributed by atoms with Crippen molar-refractivity contribution in [3.63, 3.8) is 0 Å². The Bertz CT molecular complexity index is 318. The van der Waals surface area contributed by atoms with E-state index in [9.17, 15) is 4.79 Å². The second kappa shape index (κ2) is 20.0. The fourth-order valence-electron chi connectivity index (χ4n) is 2.74. The zero-order chi connectivity index (χ0) is 17.7. The molecule has 0 aromatic carbocycles. The minimum atomic E-state index is -0.672. The summed E-state index contributed by atoms with van der Waals surface area (Å²) in [7, 11) is 0. The zero-order valence-corrected chi connectivity index (χ0v) is 16.0. The van der Waals surface area contributed by atoms with Gasteiger partial charge in [0, 0.05) is 6.42 Å². The number of aliphatic carboxylic acids is 1. The van der Waals surface area contributed by atoms with Gasteiger partial charge >= 0.3 is 5.97 Å². The number of rotatable bonds is 18. The normalized spacial score (nSPS) is 11.7. The quantitative estimate of drug-likeness (QED) is 0.208. The van der Waals surface area contributed by atoms with Gasteiger partial charge in [-0.3, -0.25) is 4.79 Å². The van der Waals surface area contributed by atoms with Crippen LogP contribution >= 0.6 is 0 Å². The molecule has 0 heterocycles. The first-order chi connectivity index (χ1) is 11.8. The average Bonchev–Trinajstić information content (AvgIpc) is 2.56. The van der Waals surface area contributed by atoms with Crippen LogP contribution in [0.5, 0.6) is 0 Å². The van der Waals surface area contributed by atoms with Crippen LogP contribution < -0.4 is 0 Å². The van der Waals surface area contributed by atoms with Crippen LogP contribution in [-0.2, 0) is 4.79 Å². The first-order valence-corrected chi connectivity index (χ1v) is 10.3. The molecule has 0 saturated heterocycles. The molecule has 2 nitrogen and oxygen atoms in total.